The zero-order valence-corrected chi connectivity index (χ0v) is 17.0. The summed E-state index contributed by atoms with van der Waals surface area (Å²) in [5.41, 5.74) is 1.22. The van der Waals surface area contributed by atoms with Gasteiger partial charge in [0.25, 0.3) is 5.91 Å². The molecule has 3 amide bonds. The molecule has 0 saturated carbocycles. The van der Waals surface area contributed by atoms with E-state index < -0.39 is 24.1 Å². The summed E-state index contributed by atoms with van der Waals surface area (Å²) in [6.07, 6.45) is -0.605. The molecule has 2 saturated heterocycles. The average molecular weight is 428 g/mol. The first-order valence-electron chi connectivity index (χ1n) is 9.65. The third kappa shape index (κ3) is 2.82. The van der Waals surface area contributed by atoms with Crippen LogP contribution < -0.4 is 4.90 Å². The van der Waals surface area contributed by atoms with Crippen molar-refractivity contribution in [3.63, 3.8) is 0 Å². The molecule has 0 bridgehead atoms. The number of amides is 3. The number of anilines is 1. The summed E-state index contributed by atoms with van der Waals surface area (Å²) < 4.78 is 14.1. The Bertz CT molecular complexity index is 1060. The third-order valence-electron chi connectivity index (χ3n) is 5.80. The molecule has 0 aromatic heterocycles. The zero-order chi connectivity index (χ0) is 21.0. The number of nitrogens with zero attached hydrogens (tertiary/aromatic N) is 5. The number of rotatable bonds is 3. The molecule has 0 radical (unpaired) electrons. The van der Waals surface area contributed by atoms with Gasteiger partial charge in [0.1, 0.15) is 5.82 Å². The monoisotopic (exact) mass is 427 g/mol. The van der Waals surface area contributed by atoms with Crippen molar-refractivity contribution in [1.29, 1.82) is 0 Å². The van der Waals surface area contributed by atoms with E-state index in [2.05, 4.69) is 0 Å². The molecule has 2 fully saturated rings. The number of fused-ring (bicyclic) bond motifs is 3. The van der Waals surface area contributed by atoms with Crippen molar-refractivity contribution in [1.82, 2.24) is 14.7 Å². The maximum atomic E-state index is 14.1. The van der Waals surface area contributed by atoms with Crippen LogP contribution in [-0.4, -0.2) is 64.9 Å². The fourth-order valence-electron chi connectivity index (χ4n) is 4.24. The minimum absolute atomic E-state index is 0.109. The molecule has 0 N–H and O–H groups in total. The minimum Gasteiger partial charge on any atom is -0.325 e. The van der Waals surface area contributed by atoms with Gasteiger partial charge in [-0.05, 0) is 30.3 Å². The molecular weight excluding hydrogens is 409 g/mol. The maximum Gasteiger partial charge on any atom is 0.328 e. The lowest BCUT2D eigenvalue weighted by molar-refractivity contribution is -0.137. The Balaban J connectivity index is 1.44. The molecule has 3 aliphatic rings. The maximum absolute atomic E-state index is 14.1. The fourth-order valence-corrected chi connectivity index (χ4v) is 4.37. The smallest absolute Gasteiger partial charge is 0.325 e. The SMILES string of the molecule is CN1C(=O)N(Cc2ccccc2F)C(=O)C2C1N=C1N(c3ccc(Cl)cc3)CCN12. The first kappa shape index (κ1) is 18.9. The van der Waals surface area contributed by atoms with Gasteiger partial charge < -0.3 is 14.7 Å². The number of likely N-dealkylation sites (N-methyl/N-ethyl adjacent to an activating group) is 1. The fraction of sp³-hybridized carbons (Fsp3) is 0.286. The van der Waals surface area contributed by atoms with E-state index in [4.69, 9.17) is 16.6 Å². The standard InChI is InChI=1S/C21H19ClFN5O2/c1-25-18-17(19(29)28(21(25)30)12-13-4-2-3-5-16(13)23)27-11-10-26(20(27)24-18)15-8-6-14(22)7-9-15/h2-9,17-18H,10-12H2,1H3. The summed E-state index contributed by atoms with van der Waals surface area (Å²) >= 11 is 6.00. The van der Waals surface area contributed by atoms with E-state index in [1.54, 1.807) is 37.4 Å². The van der Waals surface area contributed by atoms with Gasteiger partial charge >= 0.3 is 6.03 Å². The van der Waals surface area contributed by atoms with Gasteiger partial charge in [0.15, 0.2) is 12.2 Å². The summed E-state index contributed by atoms with van der Waals surface area (Å²) in [5.74, 6) is -0.141. The number of carbonyl (C=O) groups is 2. The molecule has 0 spiro atoms. The van der Waals surface area contributed by atoms with E-state index in [9.17, 15) is 14.0 Å². The molecular formula is C21H19ClFN5O2. The molecule has 7 nitrogen and oxygen atoms in total. The number of benzene rings is 2. The number of aliphatic imine (C=N–C) groups is 1. The van der Waals surface area contributed by atoms with Crippen LogP contribution in [0.15, 0.2) is 53.5 Å². The molecule has 2 aromatic rings. The molecule has 2 aromatic carbocycles. The molecule has 30 heavy (non-hydrogen) atoms. The highest BCUT2D eigenvalue weighted by Gasteiger charge is 2.54. The number of imide groups is 1. The highest BCUT2D eigenvalue weighted by atomic mass is 35.5. The Kier molecular flexibility index (Phi) is 4.39. The van der Waals surface area contributed by atoms with E-state index in [1.165, 1.54) is 11.0 Å². The third-order valence-corrected chi connectivity index (χ3v) is 6.05. The van der Waals surface area contributed by atoms with Crippen molar-refractivity contribution < 1.29 is 14.0 Å². The molecule has 5 rings (SSSR count). The highest BCUT2D eigenvalue weighted by Crippen LogP contribution is 2.34. The van der Waals surface area contributed by atoms with Gasteiger partial charge in [0.2, 0.25) is 5.96 Å². The van der Waals surface area contributed by atoms with Crippen molar-refractivity contribution in [3.8, 4) is 0 Å². The van der Waals surface area contributed by atoms with Gasteiger partial charge in [0.05, 0.1) is 6.54 Å². The van der Waals surface area contributed by atoms with Crippen LogP contribution in [-0.2, 0) is 11.3 Å². The number of carbonyl (C=O) groups excluding carboxylic acids is 2. The number of hydrogen-bond donors (Lipinski definition) is 0. The topological polar surface area (TPSA) is 59.5 Å². The van der Waals surface area contributed by atoms with Crippen LogP contribution in [0.1, 0.15) is 5.56 Å². The van der Waals surface area contributed by atoms with Crippen molar-refractivity contribution in [2.75, 3.05) is 25.0 Å². The van der Waals surface area contributed by atoms with Crippen molar-refractivity contribution >= 4 is 35.2 Å². The molecule has 2 unspecified atom stereocenters. The summed E-state index contributed by atoms with van der Waals surface area (Å²) in [6, 6.07) is 12.5. The predicted octanol–water partition coefficient (Wildman–Crippen LogP) is 2.76. The highest BCUT2D eigenvalue weighted by molar-refractivity contribution is 6.30. The Morgan fingerprint density at radius 1 is 1.10 bits per heavy atom. The summed E-state index contributed by atoms with van der Waals surface area (Å²) in [7, 11) is 1.62. The van der Waals surface area contributed by atoms with Crippen molar-refractivity contribution in [2.45, 2.75) is 18.8 Å². The van der Waals surface area contributed by atoms with E-state index in [0.717, 1.165) is 10.6 Å². The molecule has 2 atom stereocenters. The minimum atomic E-state index is -0.619. The normalized spacial score (nSPS) is 23.1. The van der Waals surface area contributed by atoms with E-state index in [0.29, 0.717) is 29.6 Å². The Morgan fingerprint density at radius 2 is 1.83 bits per heavy atom. The number of halogens is 2. The largest absolute Gasteiger partial charge is 0.328 e. The van der Waals surface area contributed by atoms with Gasteiger partial charge in [0, 0.05) is 36.4 Å². The van der Waals surface area contributed by atoms with Crippen molar-refractivity contribution in [3.05, 3.63) is 64.9 Å². The lowest BCUT2D eigenvalue weighted by atomic mass is 10.1. The van der Waals surface area contributed by atoms with Gasteiger partial charge in [-0.2, -0.15) is 0 Å². The lowest BCUT2D eigenvalue weighted by Crippen LogP contribution is -2.64. The van der Waals surface area contributed by atoms with Crippen LogP contribution in [0.3, 0.4) is 0 Å². The first-order chi connectivity index (χ1) is 14.5. The van der Waals surface area contributed by atoms with Crippen LogP contribution >= 0.6 is 11.6 Å². The Morgan fingerprint density at radius 3 is 2.57 bits per heavy atom. The quantitative estimate of drug-likeness (QED) is 0.755. The van der Waals surface area contributed by atoms with Gasteiger partial charge in [-0.1, -0.05) is 29.8 Å². The lowest BCUT2D eigenvalue weighted by Gasteiger charge is -2.40. The van der Waals surface area contributed by atoms with Gasteiger partial charge in [-0.3, -0.25) is 9.69 Å². The van der Waals surface area contributed by atoms with Gasteiger partial charge in [-0.25, -0.2) is 14.2 Å². The Labute approximate surface area is 177 Å². The first-order valence-corrected chi connectivity index (χ1v) is 10.0. The van der Waals surface area contributed by atoms with Gasteiger partial charge in [-0.15, -0.1) is 0 Å². The average Bonchev–Trinajstić information content (AvgIpc) is 3.31. The van der Waals surface area contributed by atoms with Crippen molar-refractivity contribution in [2.24, 2.45) is 4.99 Å². The molecule has 154 valence electrons. The summed E-state index contributed by atoms with van der Waals surface area (Å²) in [6.45, 7) is 1.16. The second kappa shape index (κ2) is 6.98. The van der Waals surface area contributed by atoms with Crippen LogP contribution in [0.5, 0.6) is 0 Å². The summed E-state index contributed by atoms with van der Waals surface area (Å²) in [5, 5.41) is 0.640. The van der Waals surface area contributed by atoms with E-state index >= 15 is 0 Å². The molecule has 0 aliphatic carbocycles. The van der Waals surface area contributed by atoms with E-state index in [1.807, 2.05) is 21.9 Å². The van der Waals surface area contributed by atoms with Crippen LogP contribution in [0, 0.1) is 5.82 Å². The molecule has 9 heteroatoms. The number of guanidine groups is 1. The predicted molar refractivity (Wildman–Crippen MR) is 111 cm³/mol. The van der Waals surface area contributed by atoms with Crippen LogP contribution in [0.4, 0.5) is 14.9 Å². The number of hydrogen-bond acceptors (Lipinski definition) is 5. The molecule has 3 heterocycles. The number of urea groups is 1. The Hall–Kier alpha value is -3.13. The van der Waals surface area contributed by atoms with E-state index in [-0.39, 0.29) is 12.5 Å². The van der Waals surface area contributed by atoms with Crippen LogP contribution in [0.2, 0.25) is 5.02 Å². The zero-order valence-electron chi connectivity index (χ0n) is 16.2. The second-order valence-electron chi connectivity index (χ2n) is 7.52. The summed E-state index contributed by atoms with van der Waals surface area (Å²) in [4.78, 5) is 37.4. The second-order valence-corrected chi connectivity index (χ2v) is 7.95. The van der Waals surface area contributed by atoms with Crippen LogP contribution in [0.25, 0.3) is 0 Å². The molecule has 3 aliphatic heterocycles.